The van der Waals surface area contributed by atoms with E-state index in [0.29, 0.717) is 11.3 Å². The maximum absolute atomic E-state index is 11.7. The van der Waals surface area contributed by atoms with Crippen molar-refractivity contribution in [2.45, 2.75) is 33.2 Å². The lowest BCUT2D eigenvalue weighted by Crippen LogP contribution is -2.49. The molecule has 0 aromatic heterocycles. The second kappa shape index (κ2) is 7.62. The highest BCUT2D eigenvalue weighted by Gasteiger charge is 2.15. The number of methoxy groups -OCH3 is 1. The molecule has 0 heterocycles. The van der Waals surface area contributed by atoms with Gasteiger partial charge in [-0.2, -0.15) is 0 Å². The Kier molecular flexibility index (Phi) is 6.12. The van der Waals surface area contributed by atoms with E-state index in [0.717, 1.165) is 5.56 Å². The average Bonchev–Trinajstić information content (AvgIpc) is 2.42. The van der Waals surface area contributed by atoms with Crippen LogP contribution >= 0.6 is 0 Å². The number of ether oxygens (including phenoxy) is 1. The topological polar surface area (TPSA) is 96.5 Å². The van der Waals surface area contributed by atoms with Crippen LogP contribution in [-0.2, 0) is 9.53 Å². The van der Waals surface area contributed by atoms with E-state index in [1.807, 2.05) is 20.8 Å². The summed E-state index contributed by atoms with van der Waals surface area (Å²) in [6.07, 6.45) is 0. The zero-order valence-electron chi connectivity index (χ0n) is 14.1. The van der Waals surface area contributed by atoms with Crippen LogP contribution in [0.2, 0.25) is 0 Å². The zero-order valence-corrected chi connectivity index (χ0v) is 14.1. The number of imide groups is 1. The van der Waals surface area contributed by atoms with Gasteiger partial charge in [0.05, 0.1) is 19.2 Å². The van der Waals surface area contributed by atoms with Crippen molar-refractivity contribution in [2.24, 2.45) is 0 Å². The third-order valence-electron chi connectivity index (χ3n) is 2.83. The monoisotopic (exact) mass is 321 g/mol. The number of hydrogen-bond donors (Lipinski definition) is 3. The van der Waals surface area contributed by atoms with Crippen LogP contribution in [0, 0.1) is 6.92 Å². The van der Waals surface area contributed by atoms with Gasteiger partial charge in [-0.15, -0.1) is 0 Å². The minimum Gasteiger partial charge on any atom is -0.465 e. The fourth-order valence-corrected chi connectivity index (χ4v) is 1.83. The molecular weight excluding hydrogens is 298 g/mol. The zero-order chi connectivity index (χ0) is 17.6. The molecule has 7 heteroatoms. The molecule has 0 spiro atoms. The molecule has 0 aliphatic rings. The lowest BCUT2D eigenvalue weighted by molar-refractivity contribution is -0.118. The number of anilines is 1. The summed E-state index contributed by atoms with van der Waals surface area (Å²) in [4.78, 5) is 34.7. The minimum atomic E-state index is -0.540. The van der Waals surface area contributed by atoms with Crippen molar-refractivity contribution in [3.05, 3.63) is 29.3 Å². The molecule has 0 saturated heterocycles. The van der Waals surface area contributed by atoms with Crippen molar-refractivity contribution in [2.75, 3.05) is 19.0 Å². The lowest BCUT2D eigenvalue weighted by atomic mass is 10.1. The molecule has 1 aromatic carbocycles. The normalized spacial score (nSPS) is 10.7. The molecule has 0 saturated carbocycles. The second-order valence-electron chi connectivity index (χ2n) is 6.13. The number of benzene rings is 1. The molecule has 7 nitrogen and oxygen atoms in total. The second-order valence-corrected chi connectivity index (χ2v) is 6.13. The molecule has 0 atom stereocenters. The molecule has 0 aliphatic carbocycles. The highest BCUT2D eigenvalue weighted by Crippen LogP contribution is 2.16. The van der Waals surface area contributed by atoms with E-state index < -0.39 is 23.4 Å². The van der Waals surface area contributed by atoms with Gasteiger partial charge in [0.2, 0.25) is 5.91 Å². The largest absolute Gasteiger partial charge is 0.465 e. The van der Waals surface area contributed by atoms with Crippen molar-refractivity contribution >= 4 is 23.6 Å². The van der Waals surface area contributed by atoms with Gasteiger partial charge in [-0.1, -0.05) is 0 Å². The van der Waals surface area contributed by atoms with Crippen molar-refractivity contribution in [3.63, 3.8) is 0 Å². The summed E-state index contributed by atoms with van der Waals surface area (Å²) >= 11 is 0. The third-order valence-corrected chi connectivity index (χ3v) is 2.83. The van der Waals surface area contributed by atoms with Gasteiger partial charge in [0.1, 0.15) is 0 Å². The molecule has 3 N–H and O–H groups in total. The predicted octanol–water partition coefficient (Wildman–Crippen LogP) is 1.82. The number of carbonyl (C=O) groups excluding carboxylic acids is 3. The first-order chi connectivity index (χ1) is 10.6. The average molecular weight is 321 g/mol. The van der Waals surface area contributed by atoms with E-state index in [4.69, 9.17) is 0 Å². The molecule has 0 unspecified atom stereocenters. The van der Waals surface area contributed by atoms with Gasteiger partial charge >= 0.3 is 12.0 Å². The number of aryl methyl sites for hydroxylation is 1. The number of hydrogen-bond acceptors (Lipinski definition) is 5. The smallest absolute Gasteiger partial charge is 0.337 e. The maximum Gasteiger partial charge on any atom is 0.337 e. The summed E-state index contributed by atoms with van der Waals surface area (Å²) in [7, 11) is 1.32. The van der Waals surface area contributed by atoms with Crippen LogP contribution in [0.25, 0.3) is 0 Å². The summed E-state index contributed by atoms with van der Waals surface area (Å²) in [5, 5.41) is 7.80. The summed E-state index contributed by atoms with van der Waals surface area (Å²) in [5.74, 6) is -0.876. The van der Waals surface area contributed by atoms with Crippen LogP contribution < -0.4 is 16.0 Å². The van der Waals surface area contributed by atoms with Gasteiger partial charge in [0.25, 0.3) is 0 Å². The Morgan fingerprint density at radius 1 is 1.17 bits per heavy atom. The van der Waals surface area contributed by atoms with E-state index in [9.17, 15) is 14.4 Å². The lowest BCUT2D eigenvalue weighted by Gasteiger charge is -2.20. The Hall–Kier alpha value is -2.57. The van der Waals surface area contributed by atoms with E-state index in [-0.39, 0.29) is 6.54 Å². The van der Waals surface area contributed by atoms with E-state index >= 15 is 0 Å². The fraction of sp³-hybridized carbons (Fsp3) is 0.438. The molecular formula is C16H23N3O4. The van der Waals surface area contributed by atoms with E-state index in [1.165, 1.54) is 7.11 Å². The summed E-state index contributed by atoms with van der Waals surface area (Å²) in [6, 6.07) is 4.41. The first-order valence-electron chi connectivity index (χ1n) is 7.17. The quantitative estimate of drug-likeness (QED) is 0.735. The SMILES string of the molecule is COC(=O)c1ccc(NCC(=O)NC(=O)NC(C)(C)C)c(C)c1. The molecule has 3 amide bonds. The highest BCUT2D eigenvalue weighted by molar-refractivity contribution is 5.96. The summed E-state index contributed by atoms with van der Waals surface area (Å²) in [6.45, 7) is 7.21. The highest BCUT2D eigenvalue weighted by atomic mass is 16.5. The molecule has 0 fully saturated rings. The summed E-state index contributed by atoms with van der Waals surface area (Å²) < 4.78 is 4.64. The van der Waals surface area contributed by atoms with Gasteiger partial charge in [-0.3, -0.25) is 10.1 Å². The predicted molar refractivity (Wildman–Crippen MR) is 87.4 cm³/mol. The van der Waals surface area contributed by atoms with Crippen molar-refractivity contribution in [1.82, 2.24) is 10.6 Å². The van der Waals surface area contributed by atoms with Crippen LogP contribution in [0.5, 0.6) is 0 Å². The standard InChI is InChI=1S/C16H23N3O4/c1-10-8-11(14(21)23-5)6-7-12(10)17-9-13(20)18-15(22)19-16(2,3)4/h6-8,17H,9H2,1-5H3,(H2,18,19,20,22). The first-order valence-corrected chi connectivity index (χ1v) is 7.17. The van der Waals surface area contributed by atoms with Gasteiger partial charge in [0.15, 0.2) is 0 Å². The van der Waals surface area contributed by atoms with E-state index in [2.05, 4.69) is 20.7 Å². The van der Waals surface area contributed by atoms with Gasteiger partial charge in [0, 0.05) is 11.2 Å². The molecule has 126 valence electrons. The van der Waals surface area contributed by atoms with E-state index in [1.54, 1.807) is 25.1 Å². The number of urea groups is 1. The number of esters is 1. The Morgan fingerprint density at radius 2 is 1.83 bits per heavy atom. The Balaban J connectivity index is 2.56. The number of carbonyl (C=O) groups is 3. The Morgan fingerprint density at radius 3 is 2.35 bits per heavy atom. The maximum atomic E-state index is 11.7. The van der Waals surface area contributed by atoms with Crippen LogP contribution in [-0.4, -0.2) is 37.1 Å². The van der Waals surface area contributed by atoms with Gasteiger partial charge < -0.3 is 15.4 Å². The van der Waals surface area contributed by atoms with Gasteiger partial charge in [-0.25, -0.2) is 9.59 Å². The first kappa shape index (κ1) is 18.5. The van der Waals surface area contributed by atoms with Crippen LogP contribution in [0.4, 0.5) is 10.5 Å². The minimum absolute atomic E-state index is 0.0595. The number of nitrogens with one attached hydrogen (secondary N) is 3. The Bertz CT molecular complexity index is 606. The number of amides is 3. The molecule has 0 bridgehead atoms. The van der Waals surface area contributed by atoms with Crippen LogP contribution in [0.1, 0.15) is 36.7 Å². The molecule has 23 heavy (non-hydrogen) atoms. The molecule has 1 aromatic rings. The van der Waals surface area contributed by atoms with Crippen LogP contribution in [0.15, 0.2) is 18.2 Å². The summed E-state index contributed by atoms with van der Waals surface area (Å²) in [5.41, 5.74) is 1.51. The molecule has 0 aliphatic heterocycles. The number of rotatable bonds is 4. The fourth-order valence-electron chi connectivity index (χ4n) is 1.83. The van der Waals surface area contributed by atoms with Crippen LogP contribution in [0.3, 0.4) is 0 Å². The van der Waals surface area contributed by atoms with Gasteiger partial charge in [-0.05, 0) is 51.5 Å². The molecule has 1 rings (SSSR count). The third kappa shape index (κ3) is 6.37. The molecule has 0 radical (unpaired) electrons. The van der Waals surface area contributed by atoms with Crippen molar-refractivity contribution < 1.29 is 19.1 Å². The Labute approximate surface area is 135 Å². The van der Waals surface area contributed by atoms with Crippen molar-refractivity contribution in [3.8, 4) is 0 Å². The van der Waals surface area contributed by atoms with Crippen molar-refractivity contribution in [1.29, 1.82) is 0 Å².